The second kappa shape index (κ2) is 6.49. The molecule has 0 aromatic carbocycles. The Hall–Kier alpha value is -1.99. The quantitative estimate of drug-likeness (QED) is 0.819. The summed E-state index contributed by atoms with van der Waals surface area (Å²) in [5.74, 6) is 0.713. The number of carbonyl (C=O) groups is 1. The van der Waals surface area contributed by atoms with Gasteiger partial charge in [-0.15, -0.1) is 0 Å². The second-order valence-electron chi connectivity index (χ2n) is 6.70. The SMILES string of the molecule is Cc1nn(CC(=O)N2CC(CN3CCOCC3)C2)c2ncccc12. The molecule has 2 aromatic rings. The summed E-state index contributed by atoms with van der Waals surface area (Å²) >= 11 is 0. The van der Waals surface area contributed by atoms with Crippen molar-refractivity contribution in [3.05, 3.63) is 24.0 Å². The first-order chi connectivity index (χ1) is 11.7. The fourth-order valence-corrected chi connectivity index (χ4v) is 3.54. The van der Waals surface area contributed by atoms with E-state index in [1.54, 1.807) is 10.9 Å². The Morgan fingerprint density at radius 1 is 1.33 bits per heavy atom. The Morgan fingerprint density at radius 3 is 2.92 bits per heavy atom. The zero-order valence-corrected chi connectivity index (χ0v) is 14.0. The maximum atomic E-state index is 12.5. The van der Waals surface area contributed by atoms with Crippen molar-refractivity contribution in [2.75, 3.05) is 45.9 Å². The molecule has 0 saturated carbocycles. The highest BCUT2D eigenvalue weighted by molar-refractivity contribution is 5.81. The Kier molecular flexibility index (Phi) is 4.20. The minimum Gasteiger partial charge on any atom is -0.379 e. The molecular formula is C17H23N5O2. The van der Waals surface area contributed by atoms with E-state index in [0.717, 1.165) is 62.7 Å². The van der Waals surface area contributed by atoms with Crippen LogP contribution in [0.4, 0.5) is 0 Å². The van der Waals surface area contributed by atoms with E-state index in [1.807, 2.05) is 24.0 Å². The van der Waals surface area contributed by atoms with Gasteiger partial charge in [0.05, 0.1) is 18.9 Å². The van der Waals surface area contributed by atoms with Crippen molar-refractivity contribution in [3.8, 4) is 0 Å². The van der Waals surface area contributed by atoms with Crippen molar-refractivity contribution < 1.29 is 9.53 Å². The van der Waals surface area contributed by atoms with Gasteiger partial charge in [0.1, 0.15) is 6.54 Å². The molecule has 0 N–H and O–H groups in total. The average molecular weight is 329 g/mol. The number of aromatic nitrogens is 3. The van der Waals surface area contributed by atoms with Gasteiger partial charge < -0.3 is 9.64 Å². The van der Waals surface area contributed by atoms with E-state index in [0.29, 0.717) is 5.92 Å². The summed E-state index contributed by atoms with van der Waals surface area (Å²) < 4.78 is 7.10. The Morgan fingerprint density at radius 2 is 2.12 bits per heavy atom. The molecule has 2 aliphatic heterocycles. The lowest BCUT2D eigenvalue weighted by Gasteiger charge is -2.42. The molecule has 0 unspecified atom stereocenters. The van der Waals surface area contributed by atoms with E-state index in [9.17, 15) is 4.79 Å². The zero-order chi connectivity index (χ0) is 16.5. The van der Waals surface area contributed by atoms with E-state index >= 15 is 0 Å². The lowest BCUT2D eigenvalue weighted by atomic mass is 9.99. The third-order valence-electron chi connectivity index (χ3n) is 4.91. The zero-order valence-electron chi connectivity index (χ0n) is 14.0. The molecule has 0 aliphatic carbocycles. The van der Waals surface area contributed by atoms with Gasteiger partial charge in [0, 0.05) is 50.2 Å². The van der Waals surface area contributed by atoms with Gasteiger partial charge in [-0.1, -0.05) is 0 Å². The number of nitrogens with zero attached hydrogens (tertiary/aromatic N) is 5. The van der Waals surface area contributed by atoms with Gasteiger partial charge in [-0.2, -0.15) is 5.10 Å². The fourth-order valence-electron chi connectivity index (χ4n) is 3.54. The molecule has 2 fully saturated rings. The smallest absolute Gasteiger partial charge is 0.244 e. The topological polar surface area (TPSA) is 63.5 Å². The van der Waals surface area contributed by atoms with Crippen molar-refractivity contribution in [2.24, 2.45) is 5.92 Å². The predicted octanol–water partition coefficient (Wildman–Crippen LogP) is 0.530. The van der Waals surface area contributed by atoms with Crippen LogP contribution in [-0.4, -0.2) is 76.4 Å². The minimum atomic E-state index is 0.128. The van der Waals surface area contributed by atoms with Crippen LogP contribution >= 0.6 is 0 Å². The Bertz CT molecular complexity index is 732. The highest BCUT2D eigenvalue weighted by Crippen LogP contribution is 2.20. The number of hydrogen-bond acceptors (Lipinski definition) is 5. The molecule has 128 valence electrons. The maximum Gasteiger partial charge on any atom is 0.244 e. The lowest BCUT2D eigenvalue weighted by molar-refractivity contribution is -0.139. The monoisotopic (exact) mass is 329 g/mol. The van der Waals surface area contributed by atoms with Gasteiger partial charge in [-0.25, -0.2) is 9.67 Å². The highest BCUT2D eigenvalue weighted by Gasteiger charge is 2.32. The van der Waals surface area contributed by atoms with Crippen LogP contribution in [0.15, 0.2) is 18.3 Å². The number of morpholine rings is 1. The first-order valence-electron chi connectivity index (χ1n) is 8.57. The third kappa shape index (κ3) is 3.01. The molecule has 4 rings (SSSR count). The fraction of sp³-hybridized carbons (Fsp3) is 0.588. The first kappa shape index (κ1) is 15.5. The average Bonchev–Trinajstić information content (AvgIpc) is 2.88. The van der Waals surface area contributed by atoms with Crippen molar-refractivity contribution in [2.45, 2.75) is 13.5 Å². The molecule has 2 aromatic heterocycles. The van der Waals surface area contributed by atoms with Crippen molar-refractivity contribution in [1.29, 1.82) is 0 Å². The molecule has 0 spiro atoms. The molecule has 7 heteroatoms. The van der Waals surface area contributed by atoms with Gasteiger partial charge in [-0.05, 0) is 19.1 Å². The van der Waals surface area contributed by atoms with Gasteiger partial charge in [0.25, 0.3) is 0 Å². The molecule has 2 saturated heterocycles. The maximum absolute atomic E-state index is 12.5. The summed E-state index contributed by atoms with van der Waals surface area (Å²) in [7, 11) is 0. The van der Waals surface area contributed by atoms with Crippen LogP contribution in [0, 0.1) is 12.8 Å². The summed E-state index contributed by atoms with van der Waals surface area (Å²) in [4.78, 5) is 21.2. The van der Waals surface area contributed by atoms with Crippen LogP contribution in [0.1, 0.15) is 5.69 Å². The number of pyridine rings is 1. The number of amides is 1. The number of fused-ring (bicyclic) bond motifs is 1. The van der Waals surface area contributed by atoms with E-state index in [4.69, 9.17) is 4.74 Å². The van der Waals surface area contributed by atoms with Crippen LogP contribution < -0.4 is 0 Å². The van der Waals surface area contributed by atoms with E-state index in [1.165, 1.54) is 0 Å². The number of ether oxygens (including phenoxy) is 1. The summed E-state index contributed by atoms with van der Waals surface area (Å²) in [6.45, 7) is 8.66. The molecule has 0 radical (unpaired) electrons. The highest BCUT2D eigenvalue weighted by atomic mass is 16.5. The Balaban J connectivity index is 1.32. The van der Waals surface area contributed by atoms with Crippen LogP contribution in [0.3, 0.4) is 0 Å². The molecule has 1 amide bonds. The number of hydrogen-bond donors (Lipinski definition) is 0. The third-order valence-corrected chi connectivity index (χ3v) is 4.91. The Labute approximate surface area is 141 Å². The second-order valence-corrected chi connectivity index (χ2v) is 6.70. The van der Waals surface area contributed by atoms with E-state index < -0.39 is 0 Å². The minimum absolute atomic E-state index is 0.128. The lowest BCUT2D eigenvalue weighted by Crippen LogP contribution is -2.55. The molecule has 2 aliphatic rings. The van der Waals surface area contributed by atoms with Crippen molar-refractivity contribution in [1.82, 2.24) is 24.6 Å². The summed E-state index contributed by atoms with van der Waals surface area (Å²) in [5, 5.41) is 5.48. The first-order valence-corrected chi connectivity index (χ1v) is 8.57. The van der Waals surface area contributed by atoms with Crippen LogP contribution in [0.25, 0.3) is 11.0 Å². The van der Waals surface area contributed by atoms with E-state index in [-0.39, 0.29) is 12.5 Å². The van der Waals surface area contributed by atoms with Gasteiger partial charge in [-0.3, -0.25) is 9.69 Å². The standard InChI is InChI=1S/C17H23N5O2/c1-13-15-3-2-4-18-17(15)22(19-13)12-16(23)21-10-14(11-21)9-20-5-7-24-8-6-20/h2-4,14H,5-12H2,1H3. The molecule has 0 bridgehead atoms. The summed E-state index contributed by atoms with van der Waals surface area (Å²) in [6, 6.07) is 3.89. The van der Waals surface area contributed by atoms with Gasteiger partial charge in [0.15, 0.2) is 5.65 Å². The molecule has 4 heterocycles. The van der Waals surface area contributed by atoms with E-state index in [2.05, 4.69) is 15.0 Å². The van der Waals surface area contributed by atoms with Gasteiger partial charge in [0.2, 0.25) is 5.91 Å². The van der Waals surface area contributed by atoms with Crippen LogP contribution in [0.5, 0.6) is 0 Å². The predicted molar refractivity (Wildman–Crippen MR) is 89.6 cm³/mol. The molecule has 7 nitrogen and oxygen atoms in total. The van der Waals surface area contributed by atoms with Crippen LogP contribution in [-0.2, 0) is 16.1 Å². The molecular weight excluding hydrogens is 306 g/mol. The summed E-state index contributed by atoms with van der Waals surface area (Å²) in [5.41, 5.74) is 1.70. The number of rotatable bonds is 4. The van der Waals surface area contributed by atoms with Gasteiger partial charge >= 0.3 is 0 Å². The van der Waals surface area contributed by atoms with Crippen LogP contribution in [0.2, 0.25) is 0 Å². The summed E-state index contributed by atoms with van der Waals surface area (Å²) in [6.07, 6.45) is 1.74. The number of carbonyl (C=O) groups excluding carboxylic acids is 1. The number of likely N-dealkylation sites (tertiary alicyclic amines) is 1. The molecule has 0 atom stereocenters. The molecule has 24 heavy (non-hydrogen) atoms. The normalized spacial score (nSPS) is 19.6. The largest absolute Gasteiger partial charge is 0.379 e. The number of aryl methyl sites for hydroxylation is 1. The van der Waals surface area contributed by atoms with Crippen molar-refractivity contribution >= 4 is 16.9 Å². The van der Waals surface area contributed by atoms with Crippen molar-refractivity contribution in [3.63, 3.8) is 0 Å².